The third kappa shape index (κ3) is 2.12. The molecule has 1 atom stereocenters. The SMILES string of the molecule is CCC1COCCN1c1ccc(N)c2cnccc12. The number of hydrogen-bond donors (Lipinski definition) is 1. The van der Waals surface area contributed by atoms with Crippen molar-refractivity contribution in [2.45, 2.75) is 19.4 Å². The molecule has 0 aliphatic carbocycles. The Morgan fingerprint density at radius 2 is 2.26 bits per heavy atom. The van der Waals surface area contributed by atoms with Gasteiger partial charge in [0.2, 0.25) is 0 Å². The fourth-order valence-electron chi connectivity index (χ4n) is 2.76. The van der Waals surface area contributed by atoms with Crippen molar-refractivity contribution >= 4 is 22.1 Å². The summed E-state index contributed by atoms with van der Waals surface area (Å²) in [6.07, 6.45) is 4.75. The molecular formula is C15H19N3O. The number of benzene rings is 1. The Morgan fingerprint density at radius 3 is 3.11 bits per heavy atom. The second-order valence-corrected chi connectivity index (χ2v) is 4.93. The molecule has 1 fully saturated rings. The monoisotopic (exact) mass is 257 g/mol. The van der Waals surface area contributed by atoms with E-state index in [9.17, 15) is 0 Å². The number of anilines is 2. The first-order valence-corrected chi connectivity index (χ1v) is 6.78. The minimum atomic E-state index is 0.439. The van der Waals surface area contributed by atoms with Crippen LogP contribution in [0, 0.1) is 0 Å². The van der Waals surface area contributed by atoms with E-state index in [1.165, 1.54) is 11.1 Å². The normalized spacial score (nSPS) is 19.8. The molecule has 2 N–H and O–H groups in total. The number of aromatic nitrogens is 1. The van der Waals surface area contributed by atoms with Crippen molar-refractivity contribution in [3.8, 4) is 0 Å². The standard InChI is InChI=1S/C15H19N3O/c1-2-11-10-19-8-7-18(11)15-4-3-14(16)13-9-17-6-5-12(13)15/h3-6,9,11H,2,7-8,10,16H2,1H3. The summed E-state index contributed by atoms with van der Waals surface area (Å²) in [7, 11) is 0. The van der Waals surface area contributed by atoms with E-state index in [0.717, 1.165) is 37.3 Å². The average molecular weight is 257 g/mol. The lowest BCUT2D eigenvalue weighted by Crippen LogP contribution is -2.45. The summed E-state index contributed by atoms with van der Waals surface area (Å²) in [5, 5.41) is 2.21. The molecule has 2 heterocycles. The largest absolute Gasteiger partial charge is 0.398 e. The van der Waals surface area contributed by atoms with Gasteiger partial charge in [0.05, 0.1) is 19.3 Å². The summed E-state index contributed by atoms with van der Waals surface area (Å²) < 4.78 is 5.58. The van der Waals surface area contributed by atoms with E-state index in [0.29, 0.717) is 6.04 Å². The second-order valence-electron chi connectivity index (χ2n) is 4.93. The Labute approximate surface area is 113 Å². The quantitative estimate of drug-likeness (QED) is 0.839. The zero-order chi connectivity index (χ0) is 13.2. The first kappa shape index (κ1) is 12.2. The number of fused-ring (bicyclic) bond motifs is 1. The molecule has 3 rings (SSSR count). The highest BCUT2D eigenvalue weighted by Gasteiger charge is 2.23. The van der Waals surface area contributed by atoms with Crippen LogP contribution in [-0.4, -0.2) is 30.8 Å². The molecule has 0 spiro atoms. The van der Waals surface area contributed by atoms with Crippen LogP contribution in [-0.2, 0) is 4.74 Å². The summed E-state index contributed by atoms with van der Waals surface area (Å²) in [6.45, 7) is 4.72. The highest BCUT2D eigenvalue weighted by atomic mass is 16.5. The molecule has 1 aromatic heterocycles. The fraction of sp³-hybridized carbons (Fsp3) is 0.400. The molecule has 100 valence electrons. The summed E-state index contributed by atoms with van der Waals surface area (Å²) >= 11 is 0. The number of nitrogens with zero attached hydrogens (tertiary/aromatic N) is 2. The van der Waals surface area contributed by atoms with Crippen LogP contribution < -0.4 is 10.6 Å². The van der Waals surface area contributed by atoms with Crippen molar-refractivity contribution < 1.29 is 4.74 Å². The van der Waals surface area contributed by atoms with Gasteiger partial charge in [0.15, 0.2) is 0 Å². The molecule has 0 amide bonds. The Hall–Kier alpha value is -1.81. The number of nitrogens with two attached hydrogens (primary N) is 1. The fourth-order valence-corrected chi connectivity index (χ4v) is 2.76. The summed E-state index contributed by atoms with van der Waals surface area (Å²) in [5.41, 5.74) is 8.06. The van der Waals surface area contributed by atoms with E-state index in [1.54, 1.807) is 0 Å². The smallest absolute Gasteiger partial charge is 0.0670 e. The van der Waals surface area contributed by atoms with Crippen molar-refractivity contribution in [1.29, 1.82) is 0 Å². The highest BCUT2D eigenvalue weighted by molar-refractivity contribution is 6.00. The summed E-state index contributed by atoms with van der Waals surface area (Å²) in [4.78, 5) is 6.61. The Morgan fingerprint density at radius 1 is 1.37 bits per heavy atom. The Balaban J connectivity index is 2.11. The summed E-state index contributed by atoms with van der Waals surface area (Å²) in [5.74, 6) is 0. The summed E-state index contributed by atoms with van der Waals surface area (Å²) in [6, 6.07) is 6.57. The maximum atomic E-state index is 6.04. The number of morpholine rings is 1. The van der Waals surface area contributed by atoms with Gasteiger partial charge in [-0.25, -0.2) is 0 Å². The molecule has 1 aliphatic heterocycles. The first-order valence-electron chi connectivity index (χ1n) is 6.78. The van der Waals surface area contributed by atoms with Crippen LogP contribution in [0.25, 0.3) is 10.8 Å². The van der Waals surface area contributed by atoms with Gasteiger partial charge in [-0.15, -0.1) is 0 Å². The van der Waals surface area contributed by atoms with Gasteiger partial charge in [-0.05, 0) is 24.6 Å². The van der Waals surface area contributed by atoms with Crippen molar-refractivity contribution in [2.24, 2.45) is 0 Å². The zero-order valence-corrected chi connectivity index (χ0v) is 11.2. The average Bonchev–Trinajstić information content (AvgIpc) is 2.48. The Bertz CT molecular complexity index is 585. The van der Waals surface area contributed by atoms with Gasteiger partial charge in [0, 0.05) is 41.1 Å². The molecule has 4 heteroatoms. The number of ether oxygens (including phenoxy) is 1. The van der Waals surface area contributed by atoms with Gasteiger partial charge < -0.3 is 15.4 Å². The number of rotatable bonds is 2. The van der Waals surface area contributed by atoms with Crippen LogP contribution >= 0.6 is 0 Å². The lowest BCUT2D eigenvalue weighted by Gasteiger charge is -2.37. The van der Waals surface area contributed by atoms with E-state index in [1.807, 2.05) is 24.5 Å². The van der Waals surface area contributed by atoms with E-state index in [2.05, 4.69) is 22.9 Å². The molecule has 0 bridgehead atoms. The minimum Gasteiger partial charge on any atom is -0.398 e. The van der Waals surface area contributed by atoms with Gasteiger partial charge in [-0.3, -0.25) is 4.98 Å². The Kier molecular flexibility index (Phi) is 3.25. The van der Waals surface area contributed by atoms with E-state index < -0.39 is 0 Å². The van der Waals surface area contributed by atoms with Crippen molar-refractivity contribution in [3.05, 3.63) is 30.6 Å². The number of pyridine rings is 1. The van der Waals surface area contributed by atoms with Crippen LogP contribution in [0.15, 0.2) is 30.6 Å². The van der Waals surface area contributed by atoms with Gasteiger partial charge >= 0.3 is 0 Å². The van der Waals surface area contributed by atoms with Gasteiger partial charge in [-0.1, -0.05) is 6.92 Å². The molecule has 19 heavy (non-hydrogen) atoms. The van der Waals surface area contributed by atoms with Gasteiger partial charge in [-0.2, -0.15) is 0 Å². The van der Waals surface area contributed by atoms with E-state index in [4.69, 9.17) is 10.5 Å². The van der Waals surface area contributed by atoms with Crippen LogP contribution in [0.5, 0.6) is 0 Å². The molecule has 2 aromatic rings. The van der Waals surface area contributed by atoms with Crippen molar-refractivity contribution in [1.82, 2.24) is 4.98 Å². The van der Waals surface area contributed by atoms with Crippen LogP contribution in [0.3, 0.4) is 0 Å². The molecule has 1 unspecified atom stereocenters. The number of nitrogen functional groups attached to an aromatic ring is 1. The third-order valence-corrected chi connectivity index (χ3v) is 3.84. The molecular weight excluding hydrogens is 238 g/mol. The predicted octanol–water partition coefficient (Wildman–Crippen LogP) is 2.43. The minimum absolute atomic E-state index is 0.439. The third-order valence-electron chi connectivity index (χ3n) is 3.84. The van der Waals surface area contributed by atoms with Gasteiger partial charge in [0.25, 0.3) is 0 Å². The lowest BCUT2D eigenvalue weighted by atomic mass is 10.1. The molecule has 0 radical (unpaired) electrons. The van der Waals surface area contributed by atoms with Crippen LogP contribution in [0.2, 0.25) is 0 Å². The molecule has 0 saturated carbocycles. The molecule has 1 aromatic carbocycles. The second kappa shape index (κ2) is 5.05. The lowest BCUT2D eigenvalue weighted by molar-refractivity contribution is 0.0931. The maximum absolute atomic E-state index is 6.04. The predicted molar refractivity (Wildman–Crippen MR) is 78.4 cm³/mol. The van der Waals surface area contributed by atoms with Gasteiger partial charge in [0.1, 0.15) is 0 Å². The number of hydrogen-bond acceptors (Lipinski definition) is 4. The van der Waals surface area contributed by atoms with E-state index >= 15 is 0 Å². The molecule has 1 aliphatic rings. The zero-order valence-electron chi connectivity index (χ0n) is 11.2. The topological polar surface area (TPSA) is 51.4 Å². The molecule has 4 nitrogen and oxygen atoms in total. The van der Waals surface area contributed by atoms with Crippen molar-refractivity contribution in [2.75, 3.05) is 30.4 Å². The van der Waals surface area contributed by atoms with Crippen LogP contribution in [0.1, 0.15) is 13.3 Å². The van der Waals surface area contributed by atoms with Crippen molar-refractivity contribution in [3.63, 3.8) is 0 Å². The molecule has 1 saturated heterocycles. The van der Waals surface area contributed by atoms with E-state index in [-0.39, 0.29) is 0 Å². The van der Waals surface area contributed by atoms with Crippen LogP contribution in [0.4, 0.5) is 11.4 Å². The maximum Gasteiger partial charge on any atom is 0.0670 e. The highest BCUT2D eigenvalue weighted by Crippen LogP contribution is 2.32. The first-order chi connectivity index (χ1) is 9.31.